The van der Waals surface area contributed by atoms with Gasteiger partial charge in [0.1, 0.15) is 12.4 Å². The predicted molar refractivity (Wildman–Crippen MR) is 95.4 cm³/mol. The highest BCUT2D eigenvalue weighted by Gasteiger charge is 2.09. The lowest BCUT2D eigenvalue weighted by Crippen LogP contribution is -2.09. The van der Waals surface area contributed by atoms with E-state index in [1.807, 2.05) is 60.7 Å². The lowest BCUT2D eigenvalue weighted by Gasteiger charge is -2.11. The molecule has 0 bridgehead atoms. The molecule has 3 rings (SSSR count). The van der Waals surface area contributed by atoms with E-state index in [4.69, 9.17) is 9.47 Å². The summed E-state index contributed by atoms with van der Waals surface area (Å²) in [5.41, 5.74) is 2.41. The van der Waals surface area contributed by atoms with Crippen molar-refractivity contribution in [2.24, 2.45) is 0 Å². The van der Waals surface area contributed by atoms with Crippen molar-refractivity contribution in [3.63, 3.8) is 0 Å². The van der Waals surface area contributed by atoms with Crippen molar-refractivity contribution in [3.05, 3.63) is 95.8 Å². The van der Waals surface area contributed by atoms with E-state index in [-0.39, 0.29) is 12.6 Å². The third-order valence-corrected chi connectivity index (χ3v) is 3.67. The zero-order chi connectivity index (χ0) is 17.3. The van der Waals surface area contributed by atoms with Crippen LogP contribution in [0.5, 0.6) is 5.75 Å². The Morgan fingerprint density at radius 3 is 2.36 bits per heavy atom. The minimum atomic E-state index is -0.330. The summed E-state index contributed by atoms with van der Waals surface area (Å²) in [6.07, 6.45) is 2.22. The maximum Gasteiger partial charge on any atom is 0.338 e. The molecule has 0 spiro atoms. The Hall–Kier alpha value is -3.14. The summed E-state index contributed by atoms with van der Waals surface area (Å²) in [6.45, 7) is 0.732. The van der Waals surface area contributed by atoms with E-state index in [1.54, 1.807) is 18.3 Å². The van der Waals surface area contributed by atoms with Crippen LogP contribution < -0.4 is 4.74 Å². The predicted octanol–water partition coefficient (Wildman–Crippen LogP) is 4.06. The molecule has 126 valence electrons. The number of aromatic nitrogens is 1. The molecule has 0 aliphatic heterocycles. The fourth-order valence-electron chi connectivity index (χ4n) is 2.38. The second-order valence-electron chi connectivity index (χ2n) is 5.47. The average Bonchev–Trinajstić information content (AvgIpc) is 2.68. The molecular weight excluding hydrogens is 314 g/mol. The van der Waals surface area contributed by atoms with Gasteiger partial charge in [0.05, 0.1) is 17.9 Å². The smallest absolute Gasteiger partial charge is 0.338 e. The van der Waals surface area contributed by atoms with Gasteiger partial charge in [-0.1, -0.05) is 48.5 Å². The van der Waals surface area contributed by atoms with Gasteiger partial charge in [-0.2, -0.15) is 0 Å². The van der Waals surface area contributed by atoms with Crippen LogP contribution in [-0.2, 0) is 17.8 Å². The first-order valence-corrected chi connectivity index (χ1v) is 8.16. The summed E-state index contributed by atoms with van der Waals surface area (Å²) in [5.74, 6) is 0.380. The molecule has 1 heterocycles. The topological polar surface area (TPSA) is 48.4 Å². The third kappa shape index (κ3) is 4.91. The molecule has 0 fully saturated rings. The van der Waals surface area contributed by atoms with Crippen molar-refractivity contribution in [2.75, 3.05) is 6.61 Å². The quantitative estimate of drug-likeness (QED) is 0.612. The van der Waals surface area contributed by atoms with Gasteiger partial charge in [-0.15, -0.1) is 0 Å². The summed E-state index contributed by atoms with van der Waals surface area (Å²) in [5, 5.41) is 0. The van der Waals surface area contributed by atoms with E-state index in [0.717, 1.165) is 11.3 Å². The molecule has 0 aliphatic carbocycles. The highest BCUT2D eigenvalue weighted by atomic mass is 16.5. The highest BCUT2D eigenvalue weighted by molar-refractivity contribution is 5.89. The Bertz CT molecular complexity index is 804. The molecule has 25 heavy (non-hydrogen) atoms. The minimum absolute atomic E-state index is 0.256. The number of benzene rings is 2. The van der Waals surface area contributed by atoms with Gasteiger partial charge in [0.25, 0.3) is 0 Å². The molecule has 0 radical (unpaired) electrons. The molecule has 4 heteroatoms. The van der Waals surface area contributed by atoms with Gasteiger partial charge in [0.15, 0.2) is 0 Å². The van der Waals surface area contributed by atoms with Gasteiger partial charge in [-0.25, -0.2) is 4.79 Å². The maximum atomic E-state index is 12.0. The van der Waals surface area contributed by atoms with Crippen molar-refractivity contribution in [1.29, 1.82) is 0 Å². The lowest BCUT2D eigenvalue weighted by atomic mass is 10.2. The molecule has 4 nitrogen and oxygen atoms in total. The molecule has 2 aromatic carbocycles. The van der Waals surface area contributed by atoms with E-state index >= 15 is 0 Å². The molecule has 1 aromatic heterocycles. The van der Waals surface area contributed by atoms with Crippen LogP contribution in [-0.4, -0.2) is 17.6 Å². The van der Waals surface area contributed by atoms with Crippen molar-refractivity contribution in [1.82, 2.24) is 4.98 Å². The number of carbonyl (C=O) groups excluding carboxylic acids is 1. The SMILES string of the molecule is O=C(OCCc1ncccc1OCc1ccccc1)c1ccccc1. The maximum absolute atomic E-state index is 12.0. The van der Waals surface area contributed by atoms with Crippen LogP contribution in [0.1, 0.15) is 21.6 Å². The number of rotatable bonds is 7. The Morgan fingerprint density at radius 2 is 1.60 bits per heavy atom. The number of pyridine rings is 1. The van der Waals surface area contributed by atoms with Crippen LogP contribution in [0.4, 0.5) is 0 Å². The minimum Gasteiger partial charge on any atom is -0.487 e. The number of hydrogen-bond acceptors (Lipinski definition) is 4. The molecule has 0 saturated heterocycles. The number of ether oxygens (including phenoxy) is 2. The Labute approximate surface area is 147 Å². The van der Waals surface area contributed by atoms with Gasteiger partial charge in [0.2, 0.25) is 0 Å². The van der Waals surface area contributed by atoms with Crippen LogP contribution in [0, 0.1) is 0 Å². The van der Waals surface area contributed by atoms with Gasteiger partial charge in [-0.05, 0) is 29.8 Å². The molecular formula is C21H19NO3. The molecule has 0 saturated carbocycles. The first-order valence-electron chi connectivity index (χ1n) is 8.16. The molecule has 0 aliphatic rings. The zero-order valence-electron chi connectivity index (χ0n) is 13.8. The molecule has 0 amide bonds. The summed E-state index contributed by atoms with van der Waals surface area (Å²) in [6, 6.07) is 22.6. The average molecular weight is 333 g/mol. The first kappa shape index (κ1) is 16.7. The molecule has 3 aromatic rings. The second-order valence-corrected chi connectivity index (χ2v) is 5.47. The number of hydrogen-bond donors (Lipinski definition) is 0. The van der Waals surface area contributed by atoms with E-state index in [0.29, 0.717) is 24.3 Å². The molecule has 0 N–H and O–H groups in total. The van der Waals surface area contributed by atoms with Crippen molar-refractivity contribution in [2.45, 2.75) is 13.0 Å². The summed E-state index contributed by atoms with van der Waals surface area (Å²) in [4.78, 5) is 16.3. The van der Waals surface area contributed by atoms with Crippen molar-refractivity contribution < 1.29 is 14.3 Å². The number of carbonyl (C=O) groups is 1. The molecule has 0 atom stereocenters. The van der Waals surface area contributed by atoms with Crippen LogP contribution >= 0.6 is 0 Å². The van der Waals surface area contributed by atoms with Gasteiger partial charge in [-0.3, -0.25) is 4.98 Å². The van der Waals surface area contributed by atoms with Gasteiger partial charge in [0, 0.05) is 12.6 Å². The van der Waals surface area contributed by atoms with E-state index in [2.05, 4.69) is 4.98 Å². The molecule has 0 unspecified atom stereocenters. The second kappa shape index (κ2) is 8.64. The standard InChI is InChI=1S/C21H19NO3/c23-21(18-10-5-2-6-11-18)24-15-13-19-20(12-7-14-22-19)25-16-17-8-3-1-4-9-17/h1-12,14H,13,15-16H2. The van der Waals surface area contributed by atoms with Crippen LogP contribution in [0.25, 0.3) is 0 Å². The van der Waals surface area contributed by atoms with Crippen LogP contribution in [0.2, 0.25) is 0 Å². The van der Waals surface area contributed by atoms with Crippen molar-refractivity contribution >= 4 is 5.97 Å². The Balaban J connectivity index is 1.55. The Morgan fingerprint density at radius 1 is 0.880 bits per heavy atom. The summed E-state index contributed by atoms with van der Waals surface area (Å²) < 4.78 is 11.2. The van der Waals surface area contributed by atoms with E-state index in [9.17, 15) is 4.79 Å². The van der Waals surface area contributed by atoms with Crippen LogP contribution in [0.15, 0.2) is 79.0 Å². The monoisotopic (exact) mass is 333 g/mol. The number of nitrogens with zero attached hydrogens (tertiary/aromatic N) is 1. The summed E-state index contributed by atoms with van der Waals surface area (Å²) in [7, 11) is 0. The Kier molecular flexibility index (Phi) is 5.77. The van der Waals surface area contributed by atoms with Crippen molar-refractivity contribution in [3.8, 4) is 5.75 Å². The van der Waals surface area contributed by atoms with E-state index in [1.165, 1.54) is 0 Å². The lowest BCUT2D eigenvalue weighted by molar-refractivity contribution is 0.0507. The van der Waals surface area contributed by atoms with E-state index < -0.39 is 0 Å². The van der Waals surface area contributed by atoms with Gasteiger partial charge < -0.3 is 9.47 Å². The van der Waals surface area contributed by atoms with Crippen LogP contribution in [0.3, 0.4) is 0 Å². The largest absolute Gasteiger partial charge is 0.487 e. The normalized spacial score (nSPS) is 10.2. The number of esters is 1. The fraction of sp³-hybridized carbons (Fsp3) is 0.143. The third-order valence-electron chi connectivity index (χ3n) is 3.67. The summed E-state index contributed by atoms with van der Waals surface area (Å²) >= 11 is 0. The highest BCUT2D eigenvalue weighted by Crippen LogP contribution is 2.18. The first-order chi connectivity index (χ1) is 12.3. The fourth-order valence-corrected chi connectivity index (χ4v) is 2.38. The van der Waals surface area contributed by atoms with Gasteiger partial charge >= 0.3 is 5.97 Å². The zero-order valence-corrected chi connectivity index (χ0v) is 13.8.